The lowest BCUT2D eigenvalue weighted by Crippen LogP contribution is -2.54. The molecule has 476 valence electrons. The van der Waals surface area contributed by atoms with E-state index < -0.39 is 73.3 Å². The molecule has 5 amide bonds. The number of fused-ring (bicyclic) bond motifs is 1. The average molecular weight is 1330 g/mol. The summed E-state index contributed by atoms with van der Waals surface area (Å²) in [6.45, 7) is 4.62. The van der Waals surface area contributed by atoms with E-state index in [4.69, 9.17) is 4.74 Å². The van der Waals surface area contributed by atoms with Crippen LogP contribution in [0.1, 0.15) is 87.1 Å². The van der Waals surface area contributed by atoms with Crippen molar-refractivity contribution in [3.63, 3.8) is 0 Å². The summed E-state index contributed by atoms with van der Waals surface area (Å²) < 4.78 is 35.1. The zero-order valence-electron chi connectivity index (χ0n) is 49.4. The highest BCUT2D eigenvalue weighted by molar-refractivity contribution is 14.1. The third kappa shape index (κ3) is 24.1. The van der Waals surface area contributed by atoms with Crippen LogP contribution in [0, 0.1) is 20.8 Å². The number of unbranched alkanes of at least 4 members (excludes halogenated alkanes) is 1. The van der Waals surface area contributed by atoms with Crippen LogP contribution in [-0.2, 0) is 40.0 Å². The number of aromatic nitrogens is 1. The molecule has 3 aliphatic rings. The summed E-state index contributed by atoms with van der Waals surface area (Å²) in [6, 6.07) is 13.7. The molecule has 27 heteroatoms. The molecule has 2 aromatic carbocycles. The highest BCUT2D eigenvalue weighted by atomic mass is 127. The summed E-state index contributed by atoms with van der Waals surface area (Å²) in [5.74, 6) is -7.47. The van der Waals surface area contributed by atoms with Crippen LogP contribution < -0.4 is 26.0 Å². The lowest BCUT2D eigenvalue weighted by Gasteiger charge is -2.34. The third-order valence-electron chi connectivity index (χ3n) is 15.9. The standard InChI is InChI=1S/C60H83F2IN12O12/c1-42(59(86)74-22-17-44(18-23-74)7-5-33-87-47-14-15-50-49(34-47)48(16-20-65-50)57(84)68-37-53(77)75-41-60(61,62)35-46(75)36-64)69-58(85)51(8-2-3-19-67-52(76)9-4-6-43-10-12-45(63)13-11-43)66-21-24-70-25-27-71(38-54(78)79)29-31-73(40-56(82)83)32-30-72(28-26-70)39-55(80)81/h10-16,20,34,42,44,46,51,66H,2-9,17-19,21-33,35,37-41H2,1H3,(H,67,76)(H,68,84)(H,69,85)(H,78,79)(H,80,81)(H,82,83)/t42-,46+,51-/m0/s1. The lowest BCUT2D eigenvalue weighted by atomic mass is 9.92. The van der Waals surface area contributed by atoms with E-state index >= 15 is 0 Å². The molecule has 7 N–H and O–H groups in total. The van der Waals surface area contributed by atoms with Crippen molar-refractivity contribution >= 4 is 80.9 Å². The minimum Gasteiger partial charge on any atom is -0.494 e. The summed E-state index contributed by atoms with van der Waals surface area (Å²) >= 11 is 2.26. The van der Waals surface area contributed by atoms with Gasteiger partial charge in [-0.3, -0.25) is 62.9 Å². The van der Waals surface area contributed by atoms with Crippen molar-refractivity contribution in [3.8, 4) is 11.8 Å². The van der Waals surface area contributed by atoms with E-state index in [0.29, 0.717) is 127 Å². The Hall–Kier alpha value is -6.71. The van der Waals surface area contributed by atoms with E-state index in [0.717, 1.165) is 34.2 Å². The Morgan fingerprint density at radius 1 is 0.782 bits per heavy atom. The molecule has 3 saturated heterocycles. The predicted octanol–water partition coefficient (Wildman–Crippen LogP) is 2.97. The number of likely N-dealkylation sites (tertiary alicyclic amines) is 2. The van der Waals surface area contributed by atoms with E-state index in [2.05, 4.69) is 65.9 Å². The first-order valence-corrected chi connectivity index (χ1v) is 31.0. The van der Waals surface area contributed by atoms with Crippen molar-refractivity contribution in [3.05, 3.63) is 69.4 Å². The summed E-state index contributed by atoms with van der Waals surface area (Å²) in [7, 11) is 0. The lowest BCUT2D eigenvalue weighted by molar-refractivity contribution is -0.140. The summed E-state index contributed by atoms with van der Waals surface area (Å²) in [4.78, 5) is 116. The number of aryl methyl sites for hydroxylation is 1. The van der Waals surface area contributed by atoms with Crippen LogP contribution in [0.4, 0.5) is 8.78 Å². The van der Waals surface area contributed by atoms with Crippen LogP contribution in [-0.4, -0.2) is 246 Å². The number of rotatable bonds is 30. The monoisotopic (exact) mass is 1330 g/mol. The number of halogens is 3. The van der Waals surface area contributed by atoms with Gasteiger partial charge in [0.15, 0.2) is 0 Å². The Labute approximate surface area is 519 Å². The first kappa shape index (κ1) is 69.4. The molecule has 0 aliphatic carbocycles. The predicted molar refractivity (Wildman–Crippen MR) is 326 cm³/mol. The van der Waals surface area contributed by atoms with Gasteiger partial charge in [-0.1, -0.05) is 12.1 Å². The zero-order chi connectivity index (χ0) is 62.9. The van der Waals surface area contributed by atoms with Gasteiger partial charge in [0, 0.05) is 113 Å². The molecule has 3 fully saturated rings. The number of carbonyl (C=O) groups is 8. The molecule has 0 unspecified atom stereocenters. The fourth-order valence-electron chi connectivity index (χ4n) is 11.1. The molecule has 87 heavy (non-hydrogen) atoms. The van der Waals surface area contributed by atoms with Crippen molar-refractivity contribution < 1.29 is 67.2 Å². The van der Waals surface area contributed by atoms with Crippen molar-refractivity contribution in [2.75, 3.05) is 124 Å². The second-order valence-electron chi connectivity index (χ2n) is 22.6. The number of carboxylic acids is 3. The number of nitrogens with one attached hydrogen (secondary N) is 4. The van der Waals surface area contributed by atoms with Gasteiger partial charge in [0.2, 0.25) is 23.6 Å². The Kier molecular flexibility index (Phi) is 28.2. The molecule has 3 aromatic rings. The van der Waals surface area contributed by atoms with Gasteiger partial charge in [-0.05, 0) is 135 Å². The van der Waals surface area contributed by atoms with E-state index in [1.165, 1.54) is 17.8 Å². The number of hydrogen-bond acceptors (Lipinski definition) is 16. The van der Waals surface area contributed by atoms with Crippen molar-refractivity contribution in [1.29, 1.82) is 5.26 Å². The van der Waals surface area contributed by atoms with Crippen LogP contribution in [0.3, 0.4) is 0 Å². The molecule has 24 nitrogen and oxygen atoms in total. The number of carboxylic acid groups (broad SMARTS) is 3. The maximum absolute atomic E-state index is 14.2. The Bertz CT molecular complexity index is 2810. The van der Waals surface area contributed by atoms with Gasteiger partial charge in [-0.2, -0.15) is 5.26 Å². The van der Waals surface area contributed by atoms with Crippen LogP contribution in [0.25, 0.3) is 10.9 Å². The summed E-state index contributed by atoms with van der Waals surface area (Å²) in [5.41, 5.74) is 1.87. The normalized spacial score (nSPS) is 18.4. The molecule has 1 aromatic heterocycles. The molecular weight excluding hydrogens is 1250 g/mol. The number of alkyl halides is 2. The first-order chi connectivity index (χ1) is 41.6. The van der Waals surface area contributed by atoms with Crippen molar-refractivity contribution in [1.82, 2.24) is 55.7 Å². The van der Waals surface area contributed by atoms with Gasteiger partial charge < -0.3 is 51.1 Å². The van der Waals surface area contributed by atoms with Crippen molar-refractivity contribution in [2.45, 2.75) is 102 Å². The zero-order valence-corrected chi connectivity index (χ0v) is 51.6. The maximum atomic E-state index is 14.2. The number of piperidine rings is 1. The molecule has 3 aliphatic heterocycles. The fraction of sp³-hybridized carbons (Fsp3) is 0.600. The Morgan fingerprint density at radius 2 is 1.40 bits per heavy atom. The topological polar surface area (TPSA) is 311 Å². The van der Waals surface area contributed by atoms with Crippen molar-refractivity contribution in [2.24, 2.45) is 5.92 Å². The first-order valence-electron chi connectivity index (χ1n) is 29.9. The number of aliphatic carboxylic acids is 3. The largest absolute Gasteiger partial charge is 0.494 e. The minimum atomic E-state index is -3.18. The quantitative estimate of drug-likeness (QED) is 0.0373. The molecule has 3 atom stereocenters. The van der Waals surface area contributed by atoms with Gasteiger partial charge in [-0.15, -0.1) is 0 Å². The number of hydrogen-bond donors (Lipinski definition) is 7. The van der Waals surface area contributed by atoms with Gasteiger partial charge in [0.05, 0.1) is 62.5 Å². The van der Waals surface area contributed by atoms with E-state index in [9.17, 15) is 67.7 Å². The second kappa shape index (κ2) is 35.3. The maximum Gasteiger partial charge on any atom is 0.317 e. The van der Waals surface area contributed by atoms with E-state index in [1.54, 1.807) is 50.8 Å². The molecule has 0 saturated carbocycles. The number of ether oxygens (including phenoxy) is 1. The highest BCUT2D eigenvalue weighted by Crippen LogP contribution is 2.32. The Morgan fingerprint density at radius 3 is 2.01 bits per heavy atom. The molecular formula is C60H83F2IN12O12. The summed E-state index contributed by atoms with van der Waals surface area (Å²) in [5, 5.41) is 50.5. The van der Waals surface area contributed by atoms with Gasteiger partial charge in [-0.25, -0.2) is 8.78 Å². The highest BCUT2D eigenvalue weighted by Gasteiger charge is 2.47. The smallest absolute Gasteiger partial charge is 0.317 e. The molecule has 0 spiro atoms. The molecule has 6 rings (SSSR count). The summed E-state index contributed by atoms with van der Waals surface area (Å²) in [6.07, 6.45) is 7.20. The van der Waals surface area contributed by atoms with E-state index in [-0.39, 0.29) is 69.1 Å². The number of amides is 5. The molecule has 0 bridgehead atoms. The van der Waals surface area contributed by atoms with Gasteiger partial charge >= 0.3 is 17.9 Å². The van der Waals surface area contributed by atoms with E-state index in [1.807, 2.05) is 12.1 Å². The van der Waals surface area contributed by atoms with Crippen LogP contribution in [0.2, 0.25) is 0 Å². The van der Waals surface area contributed by atoms with Crippen LogP contribution in [0.15, 0.2) is 54.7 Å². The van der Waals surface area contributed by atoms with Gasteiger partial charge in [0.1, 0.15) is 17.8 Å². The Balaban J connectivity index is 0.983. The van der Waals surface area contributed by atoms with Crippen LogP contribution >= 0.6 is 22.6 Å². The van der Waals surface area contributed by atoms with Gasteiger partial charge in [0.25, 0.3) is 11.8 Å². The fourth-order valence-corrected chi connectivity index (χ4v) is 11.4. The number of nitrogens with zero attached hydrogens (tertiary/aromatic N) is 8. The van der Waals surface area contributed by atoms with Crippen LogP contribution in [0.5, 0.6) is 5.75 Å². The third-order valence-corrected chi connectivity index (χ3v) is 16.7. The molecule has 0 radical (unpaired) electrons. The number of benzene rings is 2. The minimum absolute atomic E-state index is 0.0466. The average Bonchev–Trinajstić information content (AvgIpc) is 3.00. The second-order valence-corrected chi connectivity index (χ2v) is 23.9. The number of pyridine rings is 1. The molecule has 4 heterocycles. The number of nitriles is 1. The number of carbonyl (C=O) groups excluding carboxylic acids is 5. The SMILES string of the molecule is C[C@H](NC(=O)[C@H](CCCCNC(=O)CCCc1ccc(I)cc1)NCCN1CCN(CC(=O)O)CCN(CC(=O)O)CCN(CC(=O)O)CC1)C(=O)N1CCC(CCCOc2ccc3nccc(C(=O)NCC(=O)N4CC(F)(F)C[C@@H]4C#N)c3c2)CC1.